The first-order chi connectivity index (χ1) is 8.90. The molecule has 1 unspecified atom stereocenters. The second-order valence-electron chi connectivity index (χ2n) is 4.30. The first kappa shape index (κ1) is 19.2. The van der Waals surface area contributed by atoms with Gasteiger partial charge in [0.15, 0.2) is 0 Å². The van der Waals surface area contributed by atoms with E-state index in [1.54, 1.807) is 6.92 Å². The lowest BCUT2D eigenvalue weighted by atomic mass is 10.1. The Bertz CT molecular complexity index is 522. The first-order valence-corrected chi connectivity index (χ1v) is 8.86. The van der Waals surface area contributed by atoms with Gasteiger partial charge in [-0.05, 0) is 20.3 Å². The number of carbonyl (C=O) groups is 1. The summed E-state index contributed by atoms with van der Waals surface area (Å²) in [6, 6.07) is 0. The van der Waals surface area contributed by atoms with Crippen LogP contribution in [0.25, 0.3) is 0 Å². The summed E-state index contributed by atoms with van der Waals surface area (Å²) >= 11 is 0. The van der Waals surface area contributed by atoms with E-state index in [2.05, 4.69) is 8.92 Å². The van der Waals surface area contributed by atoms with Gasteiger partial charge in [0.25, 0.3) is 20.2 Å². The molecule has 0 aromatic rings. The predicted octanol–water partition coefficient (Wildman–Crippen LogP) is -1.11. The Morgan fingerprint density at radius 1 is 1.25 bits per heavy atom. The number of hydrogen-bond donors (Lipinski definition) is 2. The second-order valence-corrected chi connectivity index (χ2v) is 7.63. The highest BCUT2D eigenvalue weighted by atomic mass is 32.2. The van der Waals surface area contributed by atoms with E-state index in [9.17, 15) is 21.6 Å². The van der Waals surface area contributed by atoms with Gasteiger partial charge in [-0.3, -0.25) is 8.74 Å². The molecule has 20 heavy (non-hydrogen) atoms. The molecule has 0 spiro atoms. The molecule has 0 aliphatic carbocycles. The van der Waals surface area contributed by atoms with Crippen molar-refractivity contribution < 1.29 is 35.1 Å². The molecular weight excluding hydrogens is 314 g/mol. The summed E-state index contributed by atoms with van der Waals surface area (Å²) in [6.07, 6.45) is -0.331. The Hall–Kier alpha value is -0.750. The van der Waals surface area contributed by atoms with E-state index in [-0.39, 0.29) is 13.0 Å². The van der Waals surface area contributed by atoms with Crippen LogP contribution in [-0.4, -0.2) is 57.6 Å². The summed E-state index contributed by atoms with van der Waals surface area (Å²) < 4.78 is 61.4. The molecule has 0 aromatic carbocycles. The van der Waals surface area contributed by atoms with Crippen molar-refractivity contribution in [2.24, 2.45) is 5.73 Å². The van der Waals surface area contributed by atoms with E-state index in [4.69, 9.17) is 10.3 Å². The zero-order valence-electron chi connectivity index (χ0n) is 11.2. The number of carbonyl (C=O) groups excluding carboxylic acids is 1. The fourth-order valence-corrected chi connectivity index (χ4v) is 2.78. The highest BCUT2D eigenvalue weighted by Gasteiger charge is 2.32. The first-order valence-electron chi connectivity index (χ1n) is 5.68. The molecule has 0 aliphatic heterocycles. The highest BCUT2D eigenvalue weighted by molar-refractivity contribution is 7.87. The topological polar surface area (TPSA) is 150 Å². The van der Waals surface area contributed by atoms with E-state index < -0.39 is 49.9 Å². The number of hydrogen-bond acceptors (Lipinski definition) is 8. The summed E-state index contributed by atoms with van der Waals surface area (Å²) in [5.41, 5.74) is 3.92. The van der Waals surface area contributed by atoms with Crippen molar-refractivity contribution in [3.63, 3.8) is 0 Å². The van der Waals surface area contributed by atoms with Gasteiger partial charge in [-0.15, -0.1) is 0 Å². The van der Waals surface area contributed by atoms with Crippen LogP contribution in [-0.2, 0) is 34.0 Å². The monoisotopic (exact) mass is 333 g/mol. The Kier molecular flexibility index (Phi) is 7.04. The van der Waals surface area contributed by atoms with Crippen molar-refractivity contribution in [2.45, 2.75) is 25.8 Å². The standard InChI is InChI=1S/C9H19NO8S2/c1-3-17-8(11)9(2,10)7-18-20(15,16)6-4-5-19(12,13)14/h3-7,10H2,1-2H3,(H,12,13,14). The van der Waals surface area contributed by atoms with Gasteiger partial charge in [-0.25, -0.2) is 4.79 Å². The molecule has 3 N–H and O–H groups in total. The van der Waals surface area contributed by atoms with E-state index in [1.165, 1.54) is 6.92 Å². The van der Waals surface area contributed by atoms with Crippen LogP contribution in [0.2, 0.25) is 0 Å². The fourth-order valence-electron chi connectivity index (χ4n) is 1.04. The average Bonchev–Trinajstić information content (AvgIpc) is 2.25. The quantitative estimate of drug-likeness (QED) is 0.304. The summed E-state index contributed by atoms with van der Waals surface area (Å²) in [6.45, 7) is 2.28. The van der Waals surface area contributed by atoms with Crippen LogP contribution in [0.3, 0.4) is 0 Å². The van der Waals surface area contributed by atoms with Gasteiger partial charge in [0, 0.05) is 0 Å². The maximum absolute atomic E-state index is 11.4. The van der Waals surface area contributed by atoms with E-state index >= 15 is 0 Å². The molecule has 11 heteroatoms. The molecule has 1 atom stereocenters. The van der Waals surface area contributed by atoms with E-state index in [0.717, 1.165) is 0 Å². The predicted molar refractivity (Wildman–Crippen MR) is 70.0 cm³/mol. The van der Waals surface area contributed by atoms with E-state index in [1.807, 2.05) is 0 Å². The summed E-state index contributed by atoms with van der Waals surface area (Å²) in [5.74, 6) is -2.13. The summed E-state index contributed by atoms with van der Waals surface area (Å²) in [7, 11) is -8.28. The normalized spacial score (nSPS) is 15.6. The van der Waals surface area contributed by atoms with Gasteiger partial charge in [0.2, 0.25) is 0 Å². The van der Waals surface area contributed by atoms with Crippen molar-refractivity contribution >= 4 is 26.2 Å². The highest BCUT2D eigenvalue weighted by Crippen LogP contribution is 2.07. The van der Waals surface area contributed by atoms with Crippen LogP contribution in [0.5, 0.6) is 0 Å². The minimum absolute atomic E-state index is 0.0900. The lowest BCUT2D eigenvalue weighted by Crippen LogP contribution is -2.50. The minimum Gasteiger partial charge on any atom is -0.465 e. The van der Waals surface area contributed by atoms with Gasteiger partial charge < -0.3 is 10.5 Å². The Morgan fingerprint density at radius 2 is 1.80 bits per heavy atom. The van der Waals surface area contributed by atoms with E-state index in [0.29, 0.717) is 0 Å². The third-order valence-electron chi connectivity index (χ3n) is 2.08. The Balaban J connectivity index is 4.38. The second kappa shape index (κ2) is 7.31. The molecule has 0 saturated heterocycles. The Labute approximate surface area is 118 Å². The lowest BCUT2D eigenvalue weighted by Gasteiger charge is -2.21. The molecule has 0 heterocycles. The number of ether oxygens (including phenoxy) is 1. The van der Waals surface area contributed by atoms with Crippen molar-refractivity contribution in [3.05, 3.63) is 0 Å². The molecule has 0 saturated carbocycles. The van der Waals surface area contributed by atoms with Crippen molar-refractivity contribution in [1.29, 1.82) is 0 Å². The van der Waals surface area contributed by atoms with Crippen LogP contribution >= 0.6 is 0 Å². The average molecular weight is 333 g/mol. The minimum atomic E-state index is -4.23. The molecule has 0 rings (SSSR count). The van der Waals surface area contributed by atoms with Gasteiger partial charge in [-0.1, -0.05) is 0 Å². The van der Waals surface area contributed by atoms with Crippen LogP contribution in [0, 0.1) is 0 Å². The summed E-state index contributed by atoms with van der Waals surface area (Å²) in [5, 5.41) is 0. The van der Waals surface area contributed by atoms with Crippen LogP contribution in [0.4, 0.5) is 0 Å². The van der Waals surface area contributed by atoms with Crippen LogP contribution < -0.4 is 5.73 Å². The maximum Gasteiger partial charge on any atom is 0.328 e. The fraction of sp³-hybridized carbons (Fsp3) is 0.889. The maximum atomic E-state index is 11.4. The van der Waals surface area contributed by atoms with Crippen molar-refractivity contribution in [3.8, 4) is 0 Å². The van der Waals surface area contributed by atoms with Crippen molar-refractivity contribution in [2.75, 3.05) is 24.7 Å². The van der Waals surface area contributed by atoms with Gasteiger partial charge in [-0.2, -0.15) is 16.8 Å². The lowest BCUT2D eigenvalue weighted by molar-refractivity contribution is -0.150. The van der Waals surface area contributed by atoms with Crippen LogP contribution in [0.15, 0.2) is 0 Å². The SMILES string of the molecule is CCOC(=O)C(C)(N)COS(=O)(=O)CCCS(=O)(=O)O. The van der Waals surface area contributed by atoms with Crippen LogP contribution in [0.1, 0.15) is 20.3 Å². The third kappa shape index (κ3) is 8.43. The number of nitrogens with two attached hydrogens (primary N) is 1. The largest absolute Gasteiger partial charge is 0.465 e. The zero-order valence-corrected chi connectivity index (χ0v) is 12.9. The van der Waals surface area contributed by atoms with Gasteiger partial charge in [0.05, 0.1) is 24.7 Å². The van der Waals surface area contributed by atoms with Gasteiger partial charge in [0.1, 0.15) is 5.54 Å². The molecular formula is C9H19NO8S2. The van der Waals surface area contributed by atoms with Gasteiger partial charge >= 0.3 is 5.97 Å². The molecule has 0 amide bonds. The number of esters is 1. The smallest absolute Gasteiger partial charge is 0.328 e. The van der Waals surface area contributed by atoms with Crippen molar-refractivity contribution in [1.82, 2.24) is 0 Å². The molecule has 120 valence electrons. The molecule has 0 aliphatic rings. The molecule has 9 nitrogen and oxygen atoms in total. The molecule has 0 fully saturated rings. The Morgan fingerprint density at radius 3 is 2.25 bits per heavy atom. The molecule has 0 aromatic heterocycles. The third-order valence-corrected chi connectivity index (χ3v) is 4.15. The number of rotatable bonds is 9. The molecule has 0 radical (unpaired) electrons. The summed E-state index contributed by atoms with van der Waals surface area (Å²) in [4.78, 5) is 11.4. The molecule has 0 bridgehead atoms. The zero-order chi connectivity index (χ0) is 16.0.